The number of piperidine rings is 2. The Labute approximate surface area is 123 Å². The molecule has 20 heavy (non-hydrogen) atoms. The summed E-state index contributed by atoms with van der Waals surface area (Å²) in [6, 6.07) is 11.8. The molecule has 0 saturated carbocycles. The van der Waals surface area contributed by atoms with Crippen molar-refractivity contribution in [1.29, 1.82) is 0 Å². The molecule has 0 bridgehead atoms. The van der Waals surface area contributed by atoms with E-state index in [0.717, 1.165) is 18.5 Å². The Balaban J connectivity index is 1.58. The molecule has 110 valence electrons. The van der Waals surface area contributed by atoms with Crippen LogP contribution in [-0.2, 0) is 6.54 Å². The van der Waals surface area contributed by atoms with Crippen molar-refractivity contribution >= 4 is 0 Å². The summed E-state index contributed by atoms with van der Waals surface area (Å²) in [5, 5.41) is 3.57. The lowest BCUT2D eigenvalue weighted by Gasteiger charge is -2.38. The molecular formula is C18H28N2. The van der Waals surface area contributed by atoms with Gasteiger partial charge in [0.15, 0.2) is 0 Å². The number of nitrogens with zero attached hydrogens (tertiary/aromatic N) is 1. The Morgan fingerprint density at radius 1 is 1.05 bits per heavy atom. The molecule has 0 aliphatic carbocycles. The van der Waals surface area contributed by atoms with Gasteiger partial charge in [-0.05, 0) is 63.2 Å². The van der Waals surface area contributed by atoms with Gasteiger partial charge in [-0.2, -0.15) is 0 Å². The van der Waals surface area contributed by atoms with Crippen molar-refractivity contribution in [2.45, 2.75) is 51.1 Å². The quantitative estimate of drug-likeness (QED) is 0.903. The number of hydrogen-bond donors (Lipinski definition) is 1. The Hall–Kier alpha value is -0.860. The Kier molecular flexibility index (Phi) is 5.10. The van der Waals surface area contributed by atoms with E-state index in [-0.39, 0.29) is 0 Å². The first-order valence-electron chi connectivity index (χ1n) is 8.40. The lowest BCUT2D eigenvalue weighted by Crippen LogP contribution is -2.42. The fourth-order valence-corrected chi connectivity index (χ4v) is 3.86. The average molecular weight is 272 g/mol. The van der Waals surface area contributed by atoms with Crippen LogP contribution in [0.4, 0.5) is 0 Å². The highest BCUT2D eigenvalue weighted by Gasteiger charge is 2.26. The number of hydrogen-bond acceptors (Lipinski definition) is 2. The largest absolute Gasteiger partial charge is 0.316 e. The molecule has 2 unspecified atom stereocenters. The molecule has 1 N–H and O–H groups in total. The summed E-state index contributed by atoms with van der Waals surface area (Å²) < 4.78 is 0. The first-order valence-corrected chi connectivity index (χ1v) is 8.40. The van der Waals surface area contributed by atoms with Gasteiger partial charge in [0.2, 0.25) is 0 Å². The molecule has 0 radical (unpaired) electrons. The SMILES string of the molecule is c1ccc(CN2CCCCC2CC2CCCNC2)cc1. The topological polar surface area (TPSA) is 15.3 Å². The van der Waals surface area contributed by atoms with E-state index in [0.29, 0.717) is 0 Å². The van der Waals surface area contributed by atoms with E-state index in [4.69, 9.17) is 0 Å². The predicted octanol–water partition coefficient (Wildman–Crippen LogP) is 3.43. The van der Waals surface area contributed by atoms with Crippen LogP contribution < -0.4 is 5.32 Å². The maximum atomic E-state index is 3.57. The van der Waals surface area contributed by atoms with Gasteiger partial charge in [-0.1, -0.05) is 36.8 Å². The second-order valence-corrected chi connectivity index (χ2v) is 6.55. The lowest BCUT2D eigenvalue weighted by molar-refractivity contribution is 0.112. The molecule has 3 rings (SSSR count). The van der Waals surface area contributed by atoms with Crippen LogP contribution in [0.25, 0.3) is 0 Å². The number of rotatable bonds is 4. The van der Waals surface area contributed by atoms with Gasteiger partial charge in [0, 0.05) is 12.6 Å². The zero-order chi connectivity index (χ0) is 13.6. The fourth-order valence-electron chi connectivity index (χ4n) is 3.86. The number of nitrogens with one attached hydrogen (secondary N) is 1. The molecule has 2 heterocycles. The zero-order valence-corrected chi connectivity index (χ0v) is 12.6. The Bertz CT molecular complexity index is 384. The van der Waals surface area contributed by atoms with Crippen LogP contribution in [0.3, 0.4) is 0 Å². The smallest absolute Gasteiger partial charge is 0.0236 e. The van der Waals surface area contributed by atoms with Gasteiger partial charge in [-0.15, -0.1) is 0 Å². The second kappa shape index (κ2) is 7.24. The second-order valence-electron chi connectivity index (χ2n) is 6.55. The predicted molar refractivity (Wildman–Crippen MR) is 84.7 cm³/mol. The van der Waals surface area contributed by atoms with Gasteiger partial charge in [0.1, 0.15) is 0 Å². The third-order valence-corrected chi connectivity index (χ3v) is 4.98. The van der Waals surface area contributed by atoms with Crippen LogP contribution in [-0.4, -0.2) is 30.6 Å². The molecular weight excluding hydrogens is 244 g/mol. The standard InChI is InChI=1S/C18H28N2/c1-2-7-16(8-3-1)15-20-12-5-4-10-18(20)13-17-9-6-11-19-14-17/h1-3,7-8,17-19H,4-6,9-15H2. The monoisotopic (exact) mass is 272 g/mol. The average Bonchev–Trinajstić information content (AvgIpc) is 2.51. The molecule has 2 aliphatic heterocycles. The van der Waals surface area contributed by atoms with Gasteiger partial charge in [-0.3, -0.25) is 4.90 Å². The maximum absolute atomic E-state index is 3.57. The van der Waals surface area contributed by atoms with Crippen molar-refractivity contribution in [3.8, 4) is 0 Å². The van der Waals surface area contributed by atoms with Gasteiger partial charge in [0.25, 0.3) is 0 Å². The Morgan fingerprint density at radius 3 is 2.75 bits per heavy atom. The zero-order valence-electron chi connectivity index (χ0n) is 12.6. The molecule has 0 spiro atoms. The van der Waals surface area contributed by atoms with E-state index in [1.54, 1.807) is 0 Å². The fraction of sp³-hybridized carbons (Fsp3) is 0.667. The van der Waals surface area contributed by atoms with Crippen LogP contribution in [0.1, 0.15) is 44.1 Å². The molecule has 2 aliphatic rings. The molecule has 1 aromatic rings. The maximum Gasteiger partial charge on any atom is 0.0236 e. The summed E-state index contributed by atoms with van der Waals surface area (Å²) >= 11 is 0. The van der Waals surface area contributed by atoms with Gasteiger partial charge in [0.05, 0.1) is 0 Å². The number of benzene rings is 1. The normalized spacial score (nSPS) is 28.4. The molecule has 1 aromatic carbocycles. The summed E-state index contributed by atoms with van der Waals surface area (Å²) in [7, 11) is 0. The van der Waals surface area contributed by atoms with Crippen molar-refractivity contribution in [3.63, 3.8) is 0 Å². The Morgan fingerprint density at radius 2 is 1.95 bits per heavy atom. The highest BCUT2D eigenvalue weighted by Crippen LogP contribution is 2.27. The first-order chi connectivity index (χ1) is 9.92. The third kappa shape index (κ3) is 3.83. The summed E-state index contributed by atoms with van der Waals surface area (Å²) in [6.45, 7) is 4.91. The number of likely N-dealkylation sites (tertiary alicyclic amines) is 1. The molecule has 0 amide bonds. The first kappa shape index (κ1) is 14.1. The van der Waals surface area contributed by atoms with Crippen LogP contribution in [0.2, 0.25) is 0 Å². The molecule has 2 fully saturated rings. The van der Waals surface area contributed by atoms with Crippen molar-refractivity contribution in [2.24, 2.45) is 5.92 Å². The van der Waals surface area contributed by atoms with Crippen LogP contribution >= 0.6 is 0 Å². The molecule has 2 nitrogen and oxygen atoms in total. The van der Waals surface area contributed by atoms with Crippen LogP contribution in [0, 0.1) is 5.92 Å². The van der Waals surface area contributed by atoms with Gasteiger partial charge in [-0.25, -0.2) is 0 Å². The molecule has 0 aromatic heterocycles. The third-order valence-electron chi connectivity index (χ3n) is 4.98. The van der Waals surface area contributed by atoms with Crippen molar-refractivity contribution in [2.75, 3.05) is 19.6 Å². The minimum absolute atomic E-state index is 0.814. The summed E-state index contributed by atoms with van der Waals surface area (Å²) in [6.07, 6.45) is 8.42. The summed E-state index contributed by atoms with van der Waals surface area (Å²) in [5.74, 6) is 0.908. The van der Waals surface area contributed by atoms with Crippen molar-refractivity contribution < 1.29 is 0 Å². The van der Waals surface area contributed by atoms with E-state index in [1.807, 2.05) is 0 Å². The van der Waals surface area contributed by atoms with E-state index in [1.165, 1.54) is 63.7 Å². The van der Waals surface area contributed by atoms with E-state index in [9.17, 15) is 0 Å². The highest BCUT2D eigenvalue weighted by atomic mass is 15.2. The van der Waals surface area contributed by atoms with Crippen molar-refractivity contribution in [3.05, 3.63) is 35.9 Å². The van der Waals surface area contributed by atoms with Gasteiger partial charge < -0.3 is 5.32 Å². The molecule has 2 saturated heterocycles. The van der Waals surface area contributed by atoms with E-state index < -0.39 is 0 Å². The van der Waals surface area contributed by atoms with Crippen LogP contribution in [0.15, 0.2) is 30.3 Å². The van der Waals surface area contributed by atoms with Gasteiger partial charge >= 0.3 is 0 Å². The van der Waals surface area contributed by atoms with E-state index >= 15 is 0 Å². The van der Waals surface area contributed by atoms with Crippen LogP contribution in [0.5, 0.6) is 0 Å². The lowest BCUT2D eigenvalue weighted by atomic mass is 9.88. The molecule has 2 atom stereocenters. The highest BCUT2D eigenvalue weighted by molar-refractivity contribution is 5.14. The molecule has 2 heteroatoms. The van der Waals surface area contributed by atoms with E-state index in [2.05, 4.69) is 40.5 Å². The summed E-state index contributed by atoms with van der Waals surface area (Å²) in [4.78, 5) is 2.74. The van der Waals surface area contributed by atoms with Crippen molar-refractivity contribution in [1.82, 2.24) is 10.2 Å². The minimum atomic E-state index is 0.814. The minimum Gasteiger partial charge on any atom is -0.316 e. The summed E-state index contributed by atoms with van der Waals surface area (Å²) in [5.41, 5.74) is 1.47.